The van der Waals surface area contributed by atoms with Crippen LogP contribution in [0.1, 0.15) is 16.1 Å². The number of anilines is 1. The number of rotatable bonds is 9. The van der Waals surface area contributed by atoms with Gasteiger partial charge >= 0.3 is 5.97 Å². The molecule has 1 N–H and O–H groups in total. The van der Waals surface area contributed by atoms with Crippen LogP contribution < -0.4 is 4.90 Å². The van der Waals surface area contributed by atoms with E-state index < -0.39 is 5.97 Å². The van der Waals surface area contributed by atoms with E-state index in [0.717, 1.165) is 13.0 Å². The topological polar surface area (TPSA) is 71.9 Å². The van der Waals surface area contributed by atoms with Crippen LogP contribution in [0.2, 0.25) is 0 Å². The summed E-state index contributed by atoms with van der Waals surface area (Å²) in [6.07, 6.45) is 2.25. The third-order valence-electron chi connectivity index (χ3n) is 2.32. The van der Waals surface area contributed by atoms with E-state index in [9.17, 15) is 4.79 Å². The molecular weight excluding hydrogens is 256 g/mol. The lowest BCUT2D eigenvalue weighted by molar-refractivity contribution is 0.0702. The van der Waals surface area contributed by atoms with Gasteiger partial charge in [0.05, 0.1) is 12.8 Å². The second kappa shape index (κ2) is 8.02. The smallest absolute Gasteiger partial charge is 0.347 e. The highest BCUT2D eigenvalue weighted by Crippen LogP contribution is 2.22. The molecule has 0 aliphatic heterocycles. The Labute approximate surface area is 110 Å². The number of carboxylic acids is 1. The minimum absolute atomic E-state index is 0.249. The molecule has 18 heavy (non-hydrogen) atoms. The zero-order valence-corrected chi connectivity index (χ0v) is 11.4. The molecule has 0 aliphatic rings. The van der Waals surface area contributed by atoms with Gasteiger partial charge in [0, 0.05) is 33.9 Å². The van der Waals surface area contributed by atoms with Gasteiger partial charge in [-0.05, 0) is 6.42 Å². The molecule has 0 unspecified atom stereocenters. The first-order valence-corrected chi connectivity index (χ1v) is 6.42. The van der Waals surface area contributed by atoms with Crippen molar-refractivity contribution >= 4 is 22.4 Å². The largest absolute Gasteiger partial charge is 0.477 e. The number of thiazole rings is 1. The van der Waals surface area contributed by atoms with Gasteiger partial charge in [-0.2, -0.15) is 0 Å². The molecule has 1 aromatic heterocycles. The summed E-state index contributed by atoms with van der Waals surface area (Å²) in [4.78, 5) is 17.2. The van der Waals surface area contributed by atoms with Crippen molar-refractivity contribution in [1.82, 2.24) is 4.98 Å². The maximum absolute atomic E-state index is 10.8. The Morgan fingerprint density at radius 2 is 2.11 bits per heavy atom. The quantitative estimate of drug-likeness (QED) is 0.685. The Bertz CT molecular complexity index is 370. The summed E-state index contributed by atoms with van der Waals surface area (Å²) in [5.41, 5.74) is 0. The number of hydrogen-bond donors (Lipinski definition) is 1. The second-order valence-electron chi connectivity index (χ2n) is 3.64. The van der Waals surface area contributed by atoms with Gasteiger partial charge in [-0.3, -0.25) is 0 Å². The molecule has 0 radical (unpaired) electrons. The zero-order chi connectivity index (χ0) is 13.4. The van der Waals surface area contributed by atoms with Crippen LogP contribution in [0, 0.1) is 0 Å². The first kappa shape index (κ1) is 14.9. The van der Waals surface area contributed by atoms with Crippen molar-refractivity contribution in [2.24, 2.45) is 0 Å². The van der Waals surface area contributed by atoms with E-state index in [1.807, 2.05) is 4.90 Å². The zero-order valence-electron chi connectivity index (χ0n) is 10.6. The van der Waals surface area contributed by atoms with Crippen molar-refractivity contribution in [2.75, 3.05) is 45.4 Å². The number of methoxy groups -OCH3 is 2. The van der Waals surface area contributed by atoms with Crippen molar-refractivity contribution in [2.45, 2.75) is 6.42 Å². The lowest BCUT2D eigenvalue weighted by atomic mass is 10.4. The van der Waals surface area contributed by atoms with E-state index in [-0.39, 0.29) is 4.88 Å². The van der Waals surface area contributed by atoms with Crippen molar-refractivity contribution in [3.05, 3.63) is 11.1 Å². The fourth-order valence-electron chi connectivity index (χ4n) is 1.41. The predicted molar refractivity (Wildman–Crippen MR) is 69.7 cm³/mol. The van der Waals surface area contributed by atoms with Crippen LogP contribution in [-0.2, 0) is 9.47 Å². The molecule has 0 atom stereocenters. The molecular formula is C11H18N2O4S. The Kier molecular flexibility index (Phi) is 6.63. The number of ether oxygens (including phenoxy) is 2. The summed E-state index contributed by atoms with van der Waals surface area (Å²) in [6, 6.07) is 0. The van der Waals surface area contributed by atoms with Gasteiger partial charge in [-0.25, -0.2) is 9.78 Å². The SMILES string of the molecule is COCCCN(CCOC)c1ncc(C(=O)O)s1. The van der Waals surface area contributed by atoms with Gasteiger partial charge in [0.15, 0.2) is 5.13 Å². The summed E-state index contributed by atoms with van der Waals surface area (Å²) in [6.45, 7) is 2.70. The van der Waals surface area contributed by atoms with E-state index >= 15 is 0 Å². The van der Waals surface area contributed by atoms with Crippen LogP contribution in [0.4, 0.5) is 5.13 Å². The standard InChI is InChI=1S/C11H18N2O4S/c1-16-6-3-4-13(5-7-17-2)11-12-8-9(18-11)10(14)15/h8H,3-7H2,1-2H3,(H,14,15). The summed E-state index contributed by atoms with van der Waals surface area (Å²) < 4.78 is 10.0. The molecule has 0 amide bonds. The van der Waals surface area contributed by atoms with E-state index in [1.165, 1.54) is 17.5 Å². The van der Waals surface area contributed by atoms with Crippen LogP contribution in [0.3, 0.4) is 0 Å². The number of aromatic carboxylic acids is 1. The Hall–Kier alpha value is -1.18. The second-order valence-corrected chi connectivity index (χ2v) is 4.65. The Morgan fingerprint density at radius 3 is 2.67 bits per heavy atom. The monoisotopic (exact) mass is 274 g/mol. The third-order valence-corrected chi connectivity index (χ3v) is 3.36. The molecule has 0 saturated carbocycles. The average Bonchev–Trinajstić information content (AvgIpc) is 2.83. The lowest BCUT2D eigenvalue weighted by Crippen LogP contribution is -2.28. The highest BCUT2D eigenvalue weighted by atomic mass is 32.1. The molecule has 7 heteroatoms. The summed E-state index contributed by atoms with van der Waals surface area (Å²) >= 11 is 1.18. The number of aromatic nitrogens is 1. The summed E-state index contributed by atoms with van der Waals surface area (Å²) in [5, 5.41) is 9.59. The van der Waals surface area contributed by atoms with Crippen LogP contribution >= 0.6 is 11.3 Å². The molecule has 0 fully saturated rings. The van der Waals surface area contributed by atoms with Crippen molar-refractivity contribution in [1.29, 1.82) is 0 Å². The summed E-state index contributed by atoms with van der Waals surface area (Å²) in [7, 11) is 3.29. The first-order valence-electron chi connectivity index (χ1n) is 5.61. The molecule has 0 aliphatic carbocycles. The van der Waals surface area contributed by atoms with E-state index in [4.69, 9.17) is 14.6 Å². The molecule has 0 saturated heterocycles. The van der Waals surface area contributed by atoms with Crippen LogP contribution in [0.5, 0.6) is 0 Å². The highest BCUT2D eigenvalue weighted by molar-refractivity contribution is 7.17. The first-order chi connectivity index (χ1) is 8.69. The summed E-state index contributed by atoms with van der Waals surface area (Å²) in [5.74, 6) is -0.942. The minimum atomic E-state index is -0.942. The fraction of sp³-hybridized carbons (Fsp3) is 0.636. The van der Waals surface area contributed by atoms with Gasteiger partial charge in [0.2, 0.25) is 0 Å². The normalized spacial score (nSPS) is 10.6. The van der Waals surface area contributed by atoms with Gasteiger partial charge in [-0.1, -0.05) is 11.3 Å². The molecule has 0 bridgehead atoms. The van der Waals surface area contributed by atoms with Gasteiger partial charge in [-0.15, -0.1) is 0 Å². The van der Waals surface area contributed by atoms with Crippen LogP contribution in [0.15, 0.2) is 6.20 Å². The highest BCUT2D eigenvalue weighted by Gasteiger charge is 2.14. The van der Waals surface area contributed by atoms with Crippen molar-refractivity contribution in [3.8, 4) is 0 Å². The molecule has 1 heterocycles. The van der Waals surface area contributed by atoms with E-state index in [2.05, 4.69) is 4.98 Å². The van der Waals surface area contributed by atoms with E-state index in [0.29, 0.717) is 24.9 Å². The van der Waals surface area contributed by atoms with Crippen LogP contribution in [-0.4, -0.2) is 56.6 Å². The lowest BCUT2D eigenvalue weighted by Gasteiger charge is -2.21. The molecule has 0 aromatic carbocycles. The van der Waals surface area contributed by atoms with Crippen molar-refractivity contribution < 1.29 is 19.4 Å². The molecule has 0 spiro atoms. The molecule has 1 aromatic rings. The number of nitrogens with zero attached hydrogens (tertiary/aromatic N) is 2. The number of carbonyl (C=O) groups is 1. The molecule has 102 valence electrons. The van der Waals surface area contributed by atoms with E-state index in [1.54, 1.807) is 14.2 Å². The molecule has 6 nitrogen and oxygen atoms in total. The van der Waals surface area contributed by atoms with Gasteiger partial charge < -0.3 is 19.5 Å². The Balaban J connectivity index is 2.63. The van der Waals surface area contributed by atoms with Gasteiger partial charge in [0.25, 0.3) is 0 Å². The van der Waals surface area contributed by atoms with Crippen LogP contribution in [0.25, 0.3) is 0 Å². The maximum atomic E-state index is 10.8. The predicted octanol–water partition coefficient (Wildman–Crippen LogP) is 1.33. The fourth-order valence-corrected chi connectivity index (χ4v) is 2.22. The number of carboxylic acid groups (broad SMARTS) is 1. The minimum Gasteiger partial charge on any atom is -0.477 e. The molecule has 1 rings (SSSR count). The van der Waals surface area contributed by atoms with Crippen molar-refractivity contribution in [3.63, 3.8) is 0 Å². The van der Waals surface area contributed by atoms with Gasteiger partial charge in [0.1, 0.15) is 4.88 Å². The third kappa shape index (κ3) is 4.59. The Morgan fingerprint density at radius 1 is 1.39 bits per heavy atom. The average molecular weight is 274 g/mol. The number of hydrogen-bond acceptors (Lipinski definition) is 6. The maximum Gasteiger partial charge on any atom is 0.347 e.